The molecule has 0 fully saturated rings. The second kappa shape index (κ2) is 7.77. The van der Waals surface area contributed by atoms with Gasteiger partial charge in [-0.15, -0.1) is 0 Å². The molecule has 3 aromatic carbocycles. The summed E-state index contributed by atoms with van der Waals surface area (Å²) in [5, 5.41) is 0.571. The Morgan fingerprint density at radius 1 is 0.960 bits per heavy atom. The average Bonchev–Trinajstić information content (AvgIpc) is 2.63. The first kappa shape index (κ1) is 16.9. The summed E-state index contributed by atoms with van der Waals surface area (Å²) < 4.78 is 5.51. The van der Waals surface area contributed by atoms with Gasteiger partial charge >= 0.3 is 5.97 Å². The molecule has 0 aromatic heterocycles. The van der Waals surface area contributed by atoms with Crippen LogP contribution in [0.3, 0.4) is 0 Å². The van der Waals surface area contributed by atoms with Crippen molar-refractivity contribution in [2.45, 2.75) is 6.92 Å². The van der Waals surface area contributed by atoms with Crippen molar-refractivity contribution in [2.24, 2.45) is 4.99 Å². The Bertz CT molecular complexity index is 900. The number of ether oxygens (including phenoxy) is 1. The minimum Gasteiger partial charge on any atom is -0.422 e. The van der Waals surface area contributed by atoms with E-state index < -0.39 is 5.97 Å². The molecule has 4 heteroatoms. The lowest BCUT2D eigenvalue weighted by atomic mass is 10.2. The molecule has 0 bridgehead atoms. The Labute approximate surface area is 151 Å². The molecule has 0 saturated heterocycles. The largest absolute Gasteiger partial charge is 0.422 e. The van der Waals surface area contributed by atoms with E-state index in [0.29, 0.717) is 16.3 Å². The Morgan fingerprint density at radius 3 is 2.36 bits per heavy atom. The second-order valence-electron chi connectivity index (χ2n) is 5.53. The van der Waals surface area contributed by atoms with Crippen LogP contribution < -0.4 is 4.74 Å². The van der Waals surface area contributed by atoms with Crippen LogP contribution in [0.15, 0.2) is 77.8 Å². The number of aliphatic imine (C=N–C) groups is 1. The highest BCUT2D eigenvalue weighted by atomic mass is 35.5. The lowest BCUT2D eigenvalue weighted by molar-refractivity contribution is 0.0734. The highest BCUT2D eigenvalue weighted by Crippen LogP contribution is 2.20. The number of rotatable bonds is 4. The third kappa shape index (κ3) is 4.55. The van der Waals surface area contributed by atoms with E-state index in [9.17, 15) is 4.79 Å². The van der Waals surface area contributed by atoms with Gasteiger partial charge in [-0.3, -0.25) is 4.99 Å². The van der Waals surface area contributed by atoms with Crippen molar-refractivity contribution in [1.29, 1.82) is 0 Å². The van der Waals surface area contributed by atoms with Gasteiger partial charge in [-0.2, -0.15) is 0 Å². The molecule has 0 saturated carbocycles. The van der Waals surface area contributed by atoms with E-state index in [1.54, 1.807) is 36.5 Å². The second-order valence-corrected chi connectivity index (χ2v) is 5.96. The molecule has 124 valence electrons. The fraction of sp³-hybridized carbons (Fsp3) is 0.0476. The topological polar surface area (TPSA) is 38.7 Å². The number of halogens is 1. The van der Waals surface area contributed by atoms with Gasteiger partial charge in [0.2, 0.25) is 0 Å². The highest BCUT2D eigenvalue weighted by molar-refractivity contribution is 6.30. The molecule has 3 aromatic rings. The number of esters is 1. The molecule has 3 rings (SSSR count). The average molecular weight is 350 g/mol. The van der Waals surface area contributed by atoms with Gasteiger partial charge in [0.1, 0.15) is 5.75 Å². The zero-order valence-electron chi connectivity index (χ0n) is 13.6. The molecule has 0 amide bonds. The van der Waals surface area contributed by atoms with Crippen molar-refractivity contribution in [2.75, 3.05) is 0 Å². The number of nitrogens with zero attached hydrogens (tertiary/aromatic N) is 1. The van der Waals surface area contributed by atoms with E-state index in [-0.39, 0.29) is 0 Å². The predicted molar refractivity (Wildman–Crippen MR) is 101 cm³/mol. The number of carbonyl (C=O) groups excluding carboxylic acids is 1. The number of carbonyl (C=O) groups is 1. The number of benzene rings is 3. The maximum Gasteiger partial charge on any atom is 0.343 e. The van der Waals surface area contributed by atoms with E-state index in [1.807, 2.05) is 49.4 Å². The first-order valence-corrected chi connectivity index (χ1v) is 8.17. The molecule has 0 radical (unpaired) electrons. The lowest BCUT2D eigenvalue weighted by Crippen LogP contribution is -2.09. The van der Waals surface area contributed by atoms with Gasteiger partial charge < -0.3 is 4.74 Å². The summed E-state index contributed by atoms with van der Waals surface area (Å²) in [5.74, 6) is 0.0196. The summed E-state index contributed by atoms with van der Waals surface area (Å²) in [7, 11) is 0. The lowest BCUT2D eigenvalue weighted by Gasteiger charge is -2.07. The molecule has 0 aliphatic carbocycles. The maximum atomic E-state index is 12.3. The molecular weight excluding hydrogens is 334 g/mol. The fourth-order valence-electron chi connectivity index (χ4n) is 2.20. The van der Waals surface area contributed by atoms with Gasteiger partial charge in [-0.05, 0) is 55.5 Å². The summed E-state index contributed by atoms with van der Waals surface area (Å²) in [4.78, 5) is 16.7. The third-order valence-corrected chi connectivity index (χ3v) is 3.84. The van der Waals surface area contributed by atoms with Crippen molar-refractivity contribution in [1.82, 2.24) is 0 Å². The molecule has 0 atom stereocenters. The van der Waals surface area contributed by atoms with Gasteiger partial charge in [0, 0.05) is 16.8 Å². The van der Waals surface area contributed by atoms with E-state index >= 15 is 0 Å². The van der Waals surface area contributed by atoms with Crippen LogP contribution in [0, 0.1) is 6.92 Å². The monoisotopic (exact) mass is 349 g/mol. The number of hydrogen-bond acceptors (Lipinski definition) is 3. The molecule has 0 aliphatic rings. The van der Waals surface area contributed by atoms with E-state index in [1.165, 1.54) is 5.56 Å². The first-order valence-electron chi connectivity index (χ1n) is 7.79. The molecule has 25 heavy (non-hydrogen) atoms. The van der Waals surface area contributed by atoms with Crippen molar-refractivity contribution in [3.63, 3.8) is 0 Å². The predicted octanol–water partition coefficient (Wildman–Crippen LogP) is 5.62. The van der Waals surface area contributed by atoms with Crippen molar-refractivity contribution in [3.05, 3.63) is 94.5 Å². The van der Waals surface area contributed by atoms with Crippen LogP contribution in [0.1, 0.15) is 21.5 Å². The van der Waals surface area contributed by atoms with Crippen molar-refractivity contribution < 1.29 is 9.53 Å². The Balaban J connectivity index is 1.79. The van der Waals surface area contributed by atoms with Crippen LogP contribution in [0.25, 0.3) is 0 Å². The smallest absolute Gasteiger partial charge is 0.343 e. The van der Waals surface area contributed by atoms with Crippen LogP contribution >= 0.6 is 11.6 Å². The van der Waals surface area contributed by atoms with Gasteiger partial charge in [-0.25, -0.2) is 4.79 Å². The van der Waals surface area contributed by atoms with Crippen LogP contribution in [0.5, 0.6) is 5.75 Å². The van der Waals surface area contributed by atoms with Gasteiger partial charge in [-0.1, -0.05) is 41.4 Å². The van der Waals surface area contributed by atoms with Crippen LogP contribution in [0.2, 0.25) is 5.02 Å². The summed E-state index contributed by atoms with van der Waals surface area (Å²) in [6.45, 7) is 2.03. The third-order valence-electron chi connectivity index (χ3n) is 3.59. The van der Waals surface area contributed by atoms with Gasteiger partial charge in [0.25, 0.3) is 0 Å². The number of para-hydroxylation sites is 1. The minimum absolute atomic E-state index is 0.437. The summed E-state index contributed by atoms with van der Waals surface area (Å²) in [5.41, 5.74) is 3.18. The Hall–Kier alpha value is -2.91. The Morgan fingerprint density at radius 2 is 1.64 bits per heavy atom. The molecule has 0 unspecified atom stereocenters. The van der Waals surface area contributed by atoms with E-state index in [0.717, 1.165) is 11.3 Å². The standard InChI is InChI=1S/C21H16ClNO2/c1-15-6-12-19(13-7-15)23-14-17-4-2-3-5-20(17)25-21(24)16-8-10-18(22)11-9-16/h2-14H,1H3. The van der Waals surface area contributed by atoms with Gasteiger partial charge in [0.15, 0.2) is 0 Å². The van der Waals surface area contributed by atoms with E-state index in [2.05, 4.69) is 4.99 Å². The molecule has 0 N–H and O–H groups in total. The molecule has 0 spiro atoms. The fourth-order valence-corrected chi connectivity index (χ4v) is 2.33. The summed E-state index contributed by atoms with van der Waals surface area (Å²) in [6, 6.07) is 21.7. The first-order chi connectivity index (χ1) is 12.1. The van der Waals surface area contributed by atoms with Crippen molar-refractivity contribution in [3.8, 4) is 5.75 Å². The normalized spacial score (nSPS) is 10.8. The number of hydrogen-bond donors (Lipinski definition) is 0. The van der Waals surface area contributed by atoms with Crippen molar-refractivity contribution >= 4 is 29.5 Å². The molecule has 0 heterocycles. The molecule has 0 aliphatic heterocycles. The van der Waals surface area contributed by atoms with Crippen LogP contribution in [-0.2, 0) is 0 Å². The molecule has 3 nitrogen and oxygen atoms in total. The van der Waals surface area contributed by atoms with Crippen LogP contribution in [0.4, 0.5) is 5.69 Å². The highest BCUT2D eigenvalue weighted by Gasteiger charge is 2.10. The number of aryl methyl sites for hydroxylation is 1. The quantitative estimate of drug-likeness (QED) is 0.348. The molecular formula is C21H16ClNO2. The van der Waals surface area contributed by atoms with Gasteiger partial charge in [0.05, 0.1) is 11.3 Å². The summed E-state index contributed by atoms with van der Waals surface area (Å²) in [6.07, 6.45) is 1.69. The van der Waals surface area contributed by atoms with Crippen LogP contribution in [-0.4, -0.2) is 12.2 Å². The zero-order chi connectivity index (χ0) is 17.6. The zero-order valence-corrected chi connectivity index (χ0v) is 14.4. The minimum atomic E-state index is -0.437. The summed E-state index contributed by atoms with van der Waals surface area (Å²) >= 11 is 5.84. The Kier molecular flexibility index (Phi) is 5.26. The maximum absolute atomic E-state index is 12.3. The van der Waals surface area contributed by atoms with E-state index in [4.69, 9.17) is 16.3 Å². The SMILES string of the molecule is Cc1ccc(N=Cc2ccccc2OC(=O)c2ccc(Cl)cc2)cc1.